The van der Waals surface area contributed by atoms with Crippen molar-refractivity contribution in [1.82, 2.24) is 15.1 Å². The van der Waals surface area contributed by atoms with Gasteiger partial charge in [0, 0.05) is 38.2 Å². The normalized spacial score (nSPS) is 17.4. The van der Waals surface area contributed by atoms with E-state index in [2.05, 4.69) is 5.32 Å². The third-order valence-corrected chi connectivity index (χ3v) is 5.78. The molecule has 2 aliphatic rings. The third-order valence-electron chi connectivity index (χ3n) is 5.78. The van der Waals surface area contributed by atoms with Gasteiger partial charge in [-0.15, -0.1) is 12.4 Å². The highest BCUT2D eigenvalue weighted by molar-refractivity contribution is 5.95. The quantitative estimate of drug-likeness (QED) is 0.756. The number of nitrogens with one attached hydrogen (secondary N) is 1. The molecule has 0 aliphatic carbocycles. The van der Waals surface area contributed by atoms with Crippen LogP contribution in [0.2, 0.25) is 0 Å². The molecule has 1 aromatic carbocycles. The fraction of sp³-hybridized carbons (Fsp3) is 0.619. The van der Waals surface area contributed by atoms with Crippen LogP contribution in [0.15, 0.2) is 18.2 Å². The molecule has 29 heavy (non-hydrogen) atoms. The van der Waals surface area contributed by atoms with Gasteiger partial charge in [0.25, 0.3) is 5.91 Å². The van der Waals surface area contributed by atoms with Gasteiger partial charge in [0.2, 0.25) is 5.91 Å². The fourth-order valence-electron chi connectivity index (χ4n) is 3.97. The SMILES string of the molecule is COc1ccc(C(=O)N2CCN(C(=O)CCC3CCNCC3)CC2)cc1OC.Cl. The molecular weight excluding hydrogens is 394 g/mol. The minimum absolute atomic E-state index is 0. The Kier molecular flexibility index (Phi) is 9.04. The molecule has 2 heterocycles. The maximum atomic E-state index is 12.8. The van der Waals surface area contributed by atoms with Gasteiger partial charge in [0.15, 0.2) is 11.5 Å². The van der Waals surface area contributed by atoms with E-state index in [0.29, 0.717) is 55.6 Å². The molecule has 1 N–H and O–H groups in total. The Labute approximate surface area is 179 Å². The molecule has 0 aromatic heterocycles. The number of hydrogen-bond acceptors (Lipinski definition) is 5. The van der Waals surface area contributed by atoms with E-state index in [9.17, 15) is 9.59 Å². The van der Waals surface area contributed by atoms with Crippen molar-refractivity contribution in [1.29, 1.82) is 0 Å². The Morgan fingerprint density at radius 2 is 1.62 bits per heavy atom. The molecule has 2 amide bonds. The number of ether oxygens (including phenoxy) is 2. The molecule has 162 valence electrons. The Bertz CT molecular complexity index is 687. The van der Waals surface area contributed by atoms with E-state index < -0.39 is 0 Å². The zero-order valence-electron chi connectivity index (χ0n) is 17.3. The number of hydrogen-bond donors (Lipinski definition) is 1. The molecule has 0 bridgehead atoms. The summed E-state index contributed by atoms with van der Waals surface area (Å²) < 4.78 is 10.5. The number of rotatable bonds is 6. The molecule has 1 aromatic rings. The lowest BCUT2D eigenvalue weighted by Crippen LogP contribution is -2.50. The van der Waals surface area contributed by atoms with Crippen LogP contribution in [0.25, 0.3) is 0 Å². The second kappa shape index (κ2) is 11.3. The standard InChI is InChI=1S/C21H31N3O4.ClH/c1-27-18-5-4-17(15-19(18)28-2)21(26)24-13-11-23(12-14-24)20(25)6-3-16-7-9-22-10-8-16;/h4-5,15-16,22H,3,6-14H2,1-2H3;1H. The average molecular weight is 426 g/mol. The summed E-state index contributed by atoms with van der Waals surface area (Å²) in [6.07, 6.45) is 3.93. The van der Waals surface area contributed by atoms with Gasteiger partial charge in [0.1, 0.15) is 0 Å². The number of carbonyl (C=O) groups excluding carboxylic acids is 2. The van der Waals surface area contributed by atoms with E-state index in [0.717, 1.165) is 19.5 Å². The maximum absolute atomic E-state index is 12.8. The van der Waals surface area contributed by atoms with Crippen LogP contribution < -0.4 is 14.8 Å². The average Bonchev–Trinajstić information content (AvgIpc) is 2.77. The molecule has 7 nitrogen and oxygen atoms in total. The van der Waals surface area contributed by atoms with Gasteiger partial charge in [-0.2, -0.15) is 0 Å². The number of halogens is 1. The first kappa shape index (κ1) is 23.3. The Balaban J connectivity index is 0.00000300. The molecule has 2 aliphatic heterocycles. The van der Waals surface area contributed by atoms with Gasteiger partial charge < -0.3 is 24.6 Å². The summed E-state index contributed by atoms with van der Waals surface area (Å²) in [5, 5.41) is 3.36. The van der Waals surface area contributed by atoms with Gasteiger partial charge in [-0.1, -0.05) is 0 Å². The van der Waals surface area contributed by atoms with Crippen molar-refractivity contribution in [3.63, 3.8) is 0 Å². The van der Waals surface area contributed by atoms with Crippen LogP contribution >= 0.6 is 12.4 Å². The highest BCUT2D eigenvalue weighted by Gasteiger charge is 2.26. The molecule has 0 saturated carbocycles. The Hall–Kier alpha value is -1.99. The Morgan fingerprint density at radius 1 is 1.00 bits per heavy atom. The molecule has 2 fully saturated rings. The molecule has 3 rings (SSSR count). The zero-order chi connectivity index (χ0) is 19.9. The van der Waals surface area contributed by atoms with Crippen molar-refractivity contribution in [3.05, 3.63) is 23.8 Å². The predicted molar refractivity (Wildman–Crippen MR) is 114 cm³/mol. The maximum Gasteiger partial charge on any atom is 0.254 e. The number of nitrogens with zero attached hydrogens (tertiary/aromatic N) is 2. The first-order valence-electron chi connectivity index (χ1n) is 10.1. The highest BCUT2D eigenvalue weighted by atomic mass is 35.5. The number of piperazine rings is 1. The second-order valence-corrected chi connectivity index (χ2v) is 7.47. The van der Waals surface area contributed by atoms with Crippen molar-refractivity contribution < 1.29 is 19.1 Å². The van der Waals surface area contributed by atoms with E-state index in [1.807, 2.05) is 4.90 Å². The van der Waals surface area contributed by atoms with Crippen molar-refractivity contribution >= 4 is 24.2 Å². The lowest BCUT2D eigenvalue weighted by atomic mass is 9.93. The summed E-state index contributed by atoms with van der Waals surface area (Å²) in [6, 6.07) is 5.20. The van der Waals surface area contributed by atoms with Crippen molar-refractivity contribution in [2.24, 2.45) is 5.92 Å². The van der Waals surface area contributed by atoms with E-state index >= 15 is 0 Å². The van der Waals surface area contributed by atoms with E-state index in [4.69, 9.17) is 9.47 Å². The summed E-state index contributed by atoms with van der Waals surface area (Å²) in [6.45, 7) is 4.46. The molecule has 8 heteroatoms. The van der Waals surface area contributed by atoms with Crippen molar-refractivity contribution in [3.8, 4) is 11.5 Å². The number of piperidine rings is 1. The lowest BCUT2D eigenvalue weighted by Gasteiger charge is -2.35. The molecule has 0 unspecified atom stereocenters. The van der Waals surface area contributed by atoms with E-state index in [1.54, 1.807) is 37.3 Å². The van der Waals surface area contributed by atoms with Gasteiger partial charge >= 0.3 is 0 Å². The van der Waals surface area contributed by atoms with Gasteiger partial charge in [-0.3, -0.25) is 9.59 Å². The lowest BCUT2D eigenvalue weighted by molar-refractivity contribution is -0.133. The Morgan fingerprint density at radius 3 is 2.24 bits per heavy atom. The smallest absolute Gasteiger partial charge is 0.254 e. The minimum atomic E-state index is -0.0391. The van der Waals surface area contributed by atoms with E-state index in [1.165, 1.54) is 12.8 Å². The van der Waals surface area contributed by atoms with Crippen LogP contribution in [-0.4, -0.2) is 75.1 Å². The molecule has 0 atom stereocenters. The molecule has 2 saturated heterocycles. The van der Waals surface area contributed by atoms with Crippen LogP contribution in [0, 0.1) is 5.92 Å². The highest BCUT2D eigenvalue weighted by Crippen LogP contribution is 2.28. The van der Waals surface area contributed by atoms with Crippen LogP contribution in [0.4, 0.5) is 0 Å². The second-order valence-electron chi connectivity index (χ2n) is 7.47. The summed E-state index contributed by atoms with van der Waals surface area (Å²) in [5.41, 5.74) is 0.573. The molecular formula is C21H32ClN3O4. The molecule has 0 spiro atoms. The van der Waals surface area contributed by atoms with E-state index in [-0.39, 0.29) is 24.2 Å². The first-order valence-corrected chi connectivity index (χ1v) is 10.1. The van der Waals surface area contributed by atoms with Gasteiger partial charge in [-0.05, 0) is 56.5 Å². The van der Waals surface area contributed by atoms with Gasteiger partial charge in [0.05, 0.1) is 14.2 Å². The number of methoxy groups -OCH3 is 2. The topological polar surface area (TPSA) is 71.1 Å². The van der Waals surface area contributed by atoms with Gasteiger partial charge in [-0.25, -0.2) is 0 Å². The molecule has 0 radical (unpaired) electrons. The third kappa shape index (κ3) is 6.00. The largest absolute Gasteiger partial charge is 0.493 e. The van der Waals surface area contributed by atoms with Crippen molar-refractivity contribution in [2.45, 2.75) is 25.7 Å². The predicted octanol–water partition coefficient (Wildman–Crippen LogP) is 2.19. The minimum Gasteiger partial charge on any atom is -0.493 e. The monoisotopic (exact) mass is 425 g/mol. The summed E-state index contributed by atoms with van der Waals surface area (Å²) >= 11 is 0. The number of benzene rings is 1. The summed E-state index contributed by atoms with van der Waals surface area (Å²) in [4.78, 5) is 29.0. The van der Waals surface area contributed by atoms with Crippen LogP contribution in [-0.2, 0) is 4.79 Å². The number of carbonyl (C=O) groups is 2. The summed E-state index contributed by atoms with van der Waals surface area (Å²) in [7, 11) is 3.13. The number of amides is 2. The van der Waals surface area contributed by atoms with Crippen LogP contribution in [0.5, 0.6) is 11.5 Å². The summed E-state index contributed by atoms with van der Waals surface area (Å²) in [5.74, 6) is 1.99. The van der Waals surface area contributed by atoms with Crippen LogP contribution in [0.3, 0.4) is 0 Å². The fourth-order valence-corrected chi connectivity index (χ4v) is 3.97. The van der Waals surface area contributed by atoms with Crippen molar-refractivity contribution in [2.75, 3.05) is 53.5 Å². The van der Waals surface area contributed by atoms with Crippen LogP contribution in [0.1, 0.15) is 36.0 Å². The zero-order valence-corrected chi connectivity index (χ0v) is 18.1. The first-order chi connectivity index (χ1) is 13.6.